The molecular weight excluding hydrogens is 236 g/mol. The second-order valence-corrected chi connectivity index (χ2v) is 4.33. The number of anilines is 3. The first-order valence-electron chi connectivity index (χ1n) is 6.68. The molecular formula is C15H20N4. The van der Waals surface area contributed by atoms with Crippen molar-refractivity contribution in [3.63, 3.8) is 0 Å². The predicted octanol–water partition coefficient (Wildman–Crippen LogP) is 3.46. The summed E-state index contributed by atoms with van der Waals surface area (Å²) in [6.45, 7) is 3.16. The molecule has 2 rings (SSSR count). The molecule has 0 radical (unpaired) electrons. The Morgan fingerprint density at radius 3 is 2.63 bits per heavy atom. The van der Waals surface area contributed by atoms with Crippen molar-refractivity contribution in [3.05, 3.63) is 42.6 Å². The fourth-order valence-electron chi connectivity index (χ4n) is 1.92. The Morgan fingerprint density at radius 1 is 1.16 bits per heavy atom. The van der Waals surface area contributed by atoms with Gasteiger partial charge in [0.15, 0.2) is 0 Å². The Bertz CT molecular complexity index is 499. The fourth-order valence-corrected chi connectivity index (χ4v) is 1.92. The monoisotopic (exact) mass is 256 g/mol. The van der Waals surface area contributed by atoms with Crippen LogP contribution in [0.2, 0.25) is 0 Å². The normalized spacial score (nSPS) is 10.2. The van der Waals surface area contributed by atoms with Gasteiger partial charge in [-0.25, -0.2) is 4.98 Å². The van der Waals surface area contributed by atoms with Crippen LogP contribution in [0.25, 0.3) is 0 Å². The number of unbranched alkanes of at least 4 members (excludes halogenated alkanes) is 1. The molecule has 0 amide bonds. The molecule has 19 heavy (non-hydrogen) atoms. The smallest absolute Gasteiger partial charge is 0.224 e. The summed E-state index contributed by atoms with van der Waals surface area (Å²) in [7, 11) is 1.83. The Kier molecular flexibility index (Phi) is 4.72. The second kappa shape index (κ2) is 6.73. The molecule has 0 aliphatic rings. The highest BCUT2D eigenvalue weighted by Crippen LogP contribution is 2.24. The van der Waals surface area contributed by atoms with Crippen LogP contribution in [0.5, 0.6) is 0 Å². The van der Waals surface area contributed by atoms with Crippen molar-refractivity contribution in [2.45, 2.75) is 19.8 Å². The van der Waals surface area contributed by atoms with Crippen LogP contribution in [0.4, 0.5) is 17.5 Å². The average Bonchev–Trinajstić information content (AvgIpc) is 2.49. The molecule has 0 unspecified atom stereocenters. The Morgan fingerprint density at radius 2 is 1.95 bits per heavy atom. The zero-order valence-electron chi connectivity index (χ0n) is 11.5. The predicted molar refractivity (Wildman–Crippen MR) is 79.9 cm³/mol. The molecule has 100 valence electrons. The maximum atomic E-state index is 4.52. The van der Waals surface area contributed by atoms with Gasteiger partial charge in [-0.3, -0.25) is 0 Å². The summed E-state index contributed by atoms with van der Waals surface area (Å²) in [5.74, 6) is 1.58. The SMILES string of the molecule is CCCCN(c1ccccc1)c1ccnc(NC)n1. The largest absolute Gasteiger partial charge is 0.357 e. The second-order valence-electron chi connectivity index (χ2n) is 4.33. The van der Waals surface area contributed by atoms with Gasteiger partial charge in [-0.1, -0.05) is 31.5 Å². The maximum absolute atomic E-state index is 4.52. The Balaban J connectivity index is 2.31. The number of benzene rings is 1. The van der Waals surface area contributed by atoms with Crippen molar-refractivity contribution in [1.29, 1.82) is 0 Å². The molecule has 0 aliphatic carbocycles. The first-order valence-corrected chi connectivity index (χ1v) is 6.68. The van der Waals surface area contributed by atoms with Crippen molar-refractivity contribution >= 4 is 17.5 Å². The minimum Gasteiger partial charge on any atom is -0.357 e. The molecule has 1 aromatic carbocycles. The summed E-state index contributed by atoms with van der Waals surface area (Å²) in [5.41, 5.74) is 1.16. The summed E-state index contributed by atoms with van der Waals surface area (Å²) >= 11 is 0. The molecule has 0 saturated carbocycles. The highest BCUT2D eigenvalue weighted by atomic mass is 15.2. The van der Waals surface area contributed by atoms with Gasteiger partial charge >= 0.3 is 0 Å². The van der Waals surface area contributed by atoms with E-state index < -0.39 is 0 Å². The van der Waals surface area contributed by atoms with Crippen LogP contribution >= 0.6 is 0 Å². The van der Waals surface area contributed by atoms with E-state index in [2.05, 4.69) is 51.4 Å². The lowest BCUT2D eigenvalue weighted by atomic mass is 10.2. The highest BCUT2D eigenvalue weighted by molar-refractivity contribution is 5.60. The summed E-state index contributed by atoms with van der Waals surface area (Å²) in [4.78, 5) is 10.9. The number of rotatable bonds is 6. The molecule has 1 heterocycles. The number of para-hydroxylation sites is 1. The van der Waals surface area contributed by atoms with Crippen LogP contribution < -0.4 is 10.2 Å². The molecule has 0 fully saturated rings. The average molecular weight is 256 g/mol. The van der Waals surface area contributed by atoms with Crippen LogP contribution in [0.3, 0.4) is 0 Å². The van der Waals surface area contributed by atoms with Gasteiger partial charge in [-0.15, -0.1) is 0 Å². The van der Waals surface area contributed by atoms with Gasteiger partial charge in [0.25, 0.3) is 0 Å². The number of hydrogen-bond acceptors (Lipinski definition) is 4. The third kappa shape index (κ3) is 3.44. The van der Waals surface area contributed by atoms with Gasteiger partial charge in [-0.05, 0) is 24.6 Å². The van der Waals surface area contributed by atoms with E-state index >= 15 is 0 Å². The van der Waals surface area contributed by atoms with Crippen LogP contribution in [-0.2, 0) is 0 Å². The first-order chi connectivity index (χ1) is 9.35. The maximum Gasteiger partial charge on any atom is 0.224 e. The summed E-state index contributed by atoms with van der Waals surface area (Å²) < 4.78 is 0. The number of nitrogens with one attached hydrogen (secondary N) is 1. The van der Waals surface area contributed by atoms with Crippen molar-refractivity contribution in [2.75, 3.05) is 23.8 Å². The van der Waals surface area contributed by atoms with E-state index in [1.807, 2.05) is 19.2 Å². The van der Waals surface area contributed by atoms with E-state index in [0.29, 0.717) is 5.95 Å². The van der Waals surface area contributed by atoms with E-state index in [1.165, 1.54) is 0 Å². The molecule has 1 aromatic heterocycles. The van der Waals surface area contributed by atoms with Gasteiger partial charge in [0, 0.05) is 25.5 Å². The summed E-state index contributed by atoms with van der Waals surface area (Å²) in [6, 6.07) is 12.3. The topological polar surface area (TPSA) is 41.1 Å². The summed E-state index contributed by atoms with van der Waals surface area (Å²) in [6.07, 6.45) is 4.08. The number of hydrogen-bond donors (Lipinski definition) is 1. The lowest BCUT2D eigenvalue weighted by molar-refractivity contribution is 0.779. The molecule has 2 aromatic rings. The van der Waals surface area contributed by atoms with E-state index in [0.717, 1.165) is 30.9 Å². The van der Waals surface area contributed by atoms with Gasteiger partial charge in [0.2, 0.25) is 5.95 Å². The van der Waals surface area contributed by atoms with Crippen molar-refractivity contribution < 1.29 is 0 Å². The van der Waals surface area contributed by atoms with Gasteiger partial charge < -0.3 is 10.2 Å². The standard InChI is InChI=1S/C15H20N4/c1-3-4-12-19(13-8-6-5-7-9-13)14-10-11-17-15(16-2)18-14/h5-11H,3-4,12H2,1-2H3,(H,16,17,18). The first kappa shape index (κ1) is 13.3. The van der Waals surface area contributed by atoms with Gasteiger partial charge in [0.1, 0.15) is 5.82 Å². The van der Waals surface area contributed by atoms with E-state index in [-0.39, 0.29) is 0 Å². The quantitative estimate of drug-likeness (QED) is 0.859. The summed E-state index contributed by atoms with van der Waals surface area (Å²) in [5, 5.41) is 2.98. The lowest BCUT2D eigenvalue weighted by Crippen LogP contribution is -2.20. The van der Waals surface area contributed by atoms with Gasteiger partial charge in [-0.2, -0.15) is 4.98 Å². The molecule has 4 nitrogen and oxygen atoms in total. The van der Waals surface area contributed by atoms with Crippen molar-refractivity contribution in [1.82, 2.24) is 9.97 Å². The molecule has 0 aliphatic heterocycles. The molecule has 0 bridgehead atoms. The zero-order valence-corrected chi connectivity index (χ0v) is 11.5. The van der Waals surface area contributed by atoms with Crippen molar-refractivity contribution in [3.8, 4) is 0 Å². The Hall–Kier alpha value is -2.10. The third-order valence-corrected chi connectivity index (χ3v) is 2.94. The molecule has 0 atom stereocenters. The molecule has 0 saturated heterocycles. The highest BCUT2D eigenvalue weighted by Gasteiger charge is 2.10. The van der Waals surface area contributed by atoms with Crippen LogP contribution in [0, 0.1) is 0 Å². The lowest BCUT2D eigenvalue weighted by Gasteiger charge is -2.23. The minimum absolute atomic E-state index is 0.648. The zero-order chi connectivity index (χ0) is 13.5. The van der Waals surface area contributed by atoms with Gasteiger partial charge in [0.05, 0.1) is 0 Å². The van der Waals surface area contributed by atoms with Crippen LogP contribution in [0.15, 0.2) is 42.6 Å². The van der Waals surface area contributed by atoms with Crippen LogP contribution in [-0.4, -0.2) is 23.6 Å². The van der Waals surface area contributed by atoms with E-state index in [4.69, 9.17) is 0 Å². The van der Waals surface area contributed by atoms with E-state index in [1.54, 1.807) is 6.20 Å². The fraction of sp³-hybridized carbons (Fsp3) is 0.333. The molecule has 0 spiro atoms. The van der Waals surface area contributed by atoms with E-state index in [9.17, 15) is 0 Å². The Labute approximate surface area is 114 Å². The molecule has 4 heteroatoms. The third-order valence-electron chi connectivity index (χ3n) is 2.94. The minimum atomic E-state index is 0.648. The van der Waals surface area contributed by atoms with Crippen LogP contribution in [0.1, 0.15) is 19.8 Å². The number of nitrogens with zero attached hydrogens (tertiary/aromatic N) is 3. The molecule has 1 N–H and O–H groups in total. The number of aromatic nitrogens is 2. The van der Waals surface area contributed by atoms with Crippen molar-refractivity contribution in [2.24, 2.45) is 0 Å².